The maximum atomic E-state index is 10.6. The molecule has 0 radical (unpaired) electrons. The van der Waals surface area contributed by atoms with E-state index in [1.54, 1.807) is 24.3 Å². The normalized spacial score (nSPS) is 12.0. The minimum Gasteiger partial charge on any atom is -0.504 e. The van der Waals surface area contributed by atoms with E-state index in [2.05, 4.69) is 0 Å². The van der Waals surface area contributed by atoms with Crippen molar-refractivity contribution in [3.8, 4) is 57.1 Å². The molecular formula is C29H26O7. The van der Waals surface area contributed by atoms with Crippen LogP contribution in [0, 0.1) is 0 Å². The number of aryl methyl sites for hydroxylation is 3. The highest BCUT2D eigenvalue weighted by molar-refractivity contribution is 5.85. The first-order chi connectivity index (χ1) is 17.4. The predicted molar refractivity (Wildman–Crippen MR) is 135 cm³/mol. The Morgan fingerprint density at radius 2 is 1.36 bits per heavy atom. The molecule has 7 nitrogen and oxygen atoms in total. The van der Waals surface area contributed by atoms with Crippen LogP contribution in [0.5, 0.6) is 46.0 Å². The third-order valence-corrected chi connectivity index (χ3v) is 6.56. The highest BCUT2D eigenvalue weighted by atomic mass is 16.5. The molecule has 36 heavy (non-hydrogen) atoms. The Kier molecular flexibility index (Phi) is 5.98. The van der Waals surface area contributed by atoms with Crippen LogP contribution in [-0.2, 0) is 25.7 Å². The molecule has 0 saturated heterocycles. The summed E-state index contributed by atoms with van der Waals surface area (Å²) in [6, 6.07) is 17.2. The number of rotatable bonds is 6. The van der Waals surface area contributed by atoms with E-state index < -0.39 is 0 Å². The highest BCUT2D eigenvalue weighted by Gasteiger charge is 2.28. The Hall–Kier alpha value is -4.52. The van der Waals surface area contributed by atoms with Crippen molar-refractivity contribution in [2.45, 2.75) is 25.7 Å². The molecule has 0 saturated carbocycles. The van der Waals surface area contributed by atoms with E-state index in [9.17, 15) is 25.5 Å². The largest absolute Gasteiger partial charge is 0.504 e. The number of hydrogen-bond acceptors (Lipinski definition) is 7. The van der Waals surface area contributed by atoms with E-state index in [1.807, 2.05) is 24.3 Å². The predicted octanol–water partition coefficient (Wildman–Crippen LogP) is 5.57. The Balaban J connectivity index is 1.44. The number of fused-ring (bicyclic) bond motifs is 3. The molecule has 4 aromatic carbocycles. The van der Waals surface area contributed by atoms with Crippen LogP contribution >= 0.6 is 0 Å². The van der Waals surface area contributed by atoms with Crippen LogP contribution in [0.2, 0.25) is 0 Å². The number of phenolic OH excluding ortho intramolecular Hbond substituents is 5. The van der Waals surface area contributed by atoms with Crippen LogP contribution in [-0.4, -0.2) is 32.6 Å². The first kappa shape index (κ1) is 23.2. The quantitative estimate of drug-likeness (QED) is 0.226. The van der Waals surface area contributed by atoms with E-state index in [0.717, 1.165) is 23.1 Å². The third kappa shape index (κ3) is 4.20. The van der Waals surface area contributed by atoms with Gasteiger partial charge in [-0.3, -0.25) is 0 Å². The summed E-state index contributed by atoms with van der Waals surface area (Å²) >= 11 is 0. The van der Waals surface area contributed by atoms with Gasteiger partial charge in [0.1, 0.15) is 5.75 Å². The first-order valence-corrected chi connectivity index (χ1v) is 11.6. The second-order valence-corrected chi connectivity index (χ2v) is 8.82. The van der Waals surface area contributed by atoms with E-state index in [4.69, 9.17) is 9.47 Å². The minimum absolute atomic E-state index is 0.0357. The summed E-state index contributed by atoms with van der Waals surface area (Å²) in [7, 11) is 1.45. The van der Waals surface area contributed by atoms with Crippen molar-refractivity contribution in [1.82, 2.24) is 0 Å². The lowest BCUT2D eigenvalue weighted by atomic mass is 9.84. The molecule has 0 aromatic heterocycles. The van der Waals surface area contributed by atoms with E-state index in [-0.39, 0.29) is 34.5 Å². The Morgan fingerprint density at radius 1 is 0.667 bits per heavy atom. The van der Waals surface area contributed by atoms with Crippen LogP contribution in [0.25, 0.3) is 11.1 Å². The molecule has 7 heteroatoms. The van der Waals surface area contributed by atoms with Gasteiger partial charge in [0.25, 0.3) is 0 Å². The van der Waals surface area contributed by atoms with Gasteiger partial charge < -0.3 is 35.0 Å². The molecule has 0 amide bonds. The van der Waals surface area contributed by atoms with Crippen molar-refractivity contribution in [3.63, 3.8) is 0 Å². The summed E-state index contributed by atoms with van der Waals surface area (Å²) in [6.07, 6.45) is 2.49. The van der Waals surface area contributed by atoms with Crippen LogP contribution < -0.4 is 9.47 Å². The van der Waals surface area contributed by atoms with Gasteiger partial charge in [0.15, 0.2) is 34.5 Å². The number of benzene rings is 4. The lowest BCUT2D eigenvalue weighted by molar-refractivity contribution is 0.348. The number of phenols is 5. The number of ether oxygens (including phenoxy) is 2. The SMILES string of the molecule is COc1c(O)cc2c(c1Oc1ccc(CCc3ccc(O)c(O)c3)cc1)-c1ccc(O)c(O)c1CC2. The maximum absolute atomic E-state index is 10.6. The van der Waals surface area contributed by atoms with Gasteiger partial charge in [-0.15, -0.1) is 0 Å². The van der Waals surface area contributed by atoms with Crippen LogP contribution in [0.4, 0.5) is 0 Å². The van der Waals surface area contributed by atoms with Crippen molar-refractivity contribution in [1.29, 1.82) is 0 Å². The Bertz CT molecular complexity index is 1440. The molecule has 1 aliphatic carbocycles. The second-order valence-electron chi connectivity index (χ2n) is 8.82. The molecular weight excluding hydrogens is 460 g/mol. The fraction of sp³-hybridized carbons (Fsp3) is 0.172. The van der Waals surface area contributed by atoms with Gasteiger partial charge in [-0.1, -0.05) is 18.2 Å². The van der Waals surface area contributed by atoms with E-state index in [0.29, 0.717) is 47.5 Å². The number of methoxy groups -OCH3 is 1. The van der Waals surface area contributed by atoms with Crippen molar-refractivity contribution in [2.75, 3.05) is 7.11 Å². The monoisotopic (exact) mass is 486 g/mol. The minimum atomic E-state index is -0.177. The number of hydrogen-bond donors (Lipinski definition) is 5. The maximum Gasteiger partial charge on any atom is 0.204 e. The smallest absolute Gasteiger partial charge is 0.204 e. The average Bonchev–Trinajstić information content (AvgIpc) is 2.87. The van der Waals surface area contributed by atoms with Crippen molar-refractivity contribution in [2.24, 2.45) is 0 Å². The fourth-order valence-corrected chi connectivity index (χ4v) is 4.69. The summed E-state index contributed by atoms with van der Waals surface area (Å²) in [6.45, 7) is 0. The van der Waals surface area contributed by atoms with Crippen LogP contribution in [0.15, 0.2) is 60.7 Å². The van der Waals surface area contributed by atoms with Gasteiger partial charge in [-0.05, 0) is 90.4 Å². The molecule has 0 bridgehead atoms. The van der Waals surface area contributed by atoms with Gasteiger partial charge in [0.05, 0.1) is 7.11 Å². The lowest BCUT2D eigenvalue weighted by Crippen LogP contribution is -2.07. The van der Waals surface area contributed by atoms with Gasteiger partial charge in [-0.2, -0.15) is 0 Å². The molecule has 184 valence electrons. The first-order valence-electron chi connectivity index (χ1n) is 11.6. The molecule has 4 aromatic rings. The summed E-state index contributed by atoms with van der Waals surface area (Å²) in [5.41, 5.74) is 4.87. The summed E-state index contributed by atoms with van der Waals surface area (Å²) in [5.74, 6) is 0.431. The second kappa shape index (κ2) is 9.26. The molecule has 0 heterocycles. The highest BCUT2D eigenvalue weighted by Crippen LogP contribution is 2.52. The molecule has 0 aliphatic heterocycles. The van der Waals surface area contributed by atoms with Crippen molar-refractivity contribution < 1.29 is 35.0 Å². The molecule has 0 fully saturated rings. The van der Waals surface area contributed by atoms with Gasteiger partial charge in [-0.25, -0.2) is 0 Å². The molecule has 1 aliphatic rings. The van der Waals surface area contributed by atoms with Crippen molar-refractivity contribution >= 4 is 0 Å². The van der Waals surface area contributed by atoms with Gasteiger partial charge >= 0.3 is 0 Å². The summed E-state index contributed by atoms with van der Waals surface area (Å²) in [5, 5.41) is 50.2. The third-order valence-electron chi connectivity index (χ3n) is 6.56. The topological polar surface area (TPSA) is 120 Å². The fourth-order valence-electron chi connectivity index (χ4n) is 4.69. The zero-order valence-electron chi connectivity index (χ0n) is 19.7. The van der Waals surface area contributed by atoms with Crippen LogP contribution in [0.1, 0.15) is 22.3 Å². The molecule has 5 rings (SSSR count). The van der Waals surface area contributed by atoms with Crippen LogP contribution in [0.3, 0.4) is 0 Å². The zero-order chi connectivity index (χ0) is 25.4. The Morgan fingerprint density at radius 3 is 2.08 bits per heavy atom. The van der Waals surface area contributed by atoms with Gasteiger partial charge in [0, 0.05) is 11.1 Å². The lowest BCUT2D eigenvalue weighted by Gasteiger charge is -2.25. The standard InChI is InChI=1S/C29H26O7/c1-35-28-25(33)15-18-7-10-21-20(11-13-23(31)27(21)34)26(18)29(28)36-19-8-4-16(5-9-19)2-3-17-6-12-22(30)24(32)14-17/h4-6,8-9,11-15,30-34H,2-3,7,10H2,1H3. The zero-order valence-corrected chi connectivity index (χ0v) is 19.7. The van der Waals surface area contributed by atoms with E-state index in [1.165, 1.54) is 19.2 Å². The molecule has 0 unspecified atom stereocenters. The summed E-state index contributed by atoms with van der Waals surface area (Å²) < 4.78 is 11.8. The number of aromatic hydroxyl groups is 5. The molecule has 0 spiro atoms. The molecule has 0 atom stereocenters. The van der Waals surface area contributed by atoms with Gasteiger partial charge in [0.2, 0.25) is 5.75 Å². The summed E-state index contributed by atoms with van der Waals surface area (Å²) in [4.78, 5) is 0. The molecule has 5 N–H and O–H groups in total. The average molecular weight is 487 g/mol. The Labute approximate surface area is 208 Å². The van der Waals surface area contributed by atoms with Crippen molar-refractivity contribution in [3.05, 3.63) is 82.9 Å². The van der Waals surface area contributed by atoms with E-state index >= 15 is 0 Å².